The number of benzene rings is 2. The first-order valence-corrected chi connectivity index (χ1v) is 18.3. The van der Waals surface area contributed by atoms with Crippen LogP contribution in [0.5, 0.6) is 0 Å². The molecular weight excluding hydrogens is 653 g/mol. The average molecular weight is 705 g/mol. The molecule has 12 nitrogen and oxygen atoms in total. The fraction of sp³-hybridized carbons (Fsp3) is 0.450. The molecule has 1 saturated heterocycles. The molecule has 2 unspecified atom stereocenters. The SMILES string of the molecule is CCCN(Cc1ncc(-c2ccc(-c3ccc(-c4cnc(C5CCCN5C(=O)C(N=C(NC#N)N(C)C)C(C)C)[nH]4)cc3)cc2)[nH]1)C(=O)CC(C)C. The summed E-state index contributed by atoms with van der Waals surface area (Å²) >= 11 is 0. The number of nitrogens with zero attached hydrogens (tertiary/aromatic N) is 7. The van der Waals surface area contributed by atoms with Crippen LogP contribution in [0.1, 0.15) is 78.0 Å². The monoisotopic (exact) mass is 704 g/mol. The number of imidazole rings is 2. The van der Waals surface area contributed by atoms with Crippen LogP contribution in [-0.2, 0) is 16.1 Å². The summed E-state index contributed by atoms with van der Waals surface area (Å²) < 4.78 is 0. The van der Waals surface area contributed by atoms with Crippen molar-refractivity contribution in [2.24, 2.45) is 16.8 Å². The van der Waals surface area contributed by atoms with Gasteiger partial charge in [-0.15, -0.1) is 0 Å². The molecular formula is C40H52N10O2. The molecule has 2 aromatic carbocycles. The van der Waals surface area contributed by atoms with Gasteiger partial charge in [-0.05, 0) is 53.4 Å². The van der Waals surface area contributed by atoms with Gasteiger partial charge in [0.05, 0.1) is 36.4 Å². The highest BCUT2D eigenvalue weighted by atomic mass is 16.2. The number of hydrogen-bond donors (Lipinski definition) is 3. The maximum Gasteiger partial charge on any atom is 0.248 e. The van der Waals surface area contributed by atoms with Gasteiger partial charge in [0.25, 0.3) is 0 Å². The van der Waals surface area contributed by atoms with E-state index in [0.29, 0.717) is 37.9 Å². The Bertz CT molecular complexity index is 1860. The molecule has 1 fully saturated rings. The number of nitrogens with one attached hydrogen (secondary N) is 3. The lowest BCUT2D eigenvalue weighted by Crippen LogP contribution is -2.43. The van der Waals surface area contributed by atoms with E-state index in [1.807, 2.05) is 42.2 Å². The normalized spacial score (nSPS) is 15.2. The van der Waals surface area contributed by atoms with E-state index in [2.05, 4.69) is 94.6 Å². The molecule has 274 valence electrons. The Morgan fingerprint density at radius 3 is 2.12 bits per heavy atom. The third-order valence-electron chi connectivity index (χ3n) is 9.31. The molecule has 0 bridgehead atoms. The molecule has 1 aliphatic rings. The first kappa shape index (κ1) is 37.8. The van der Waals surface area contributed by atoms with E-state index >= 15 is 0 Å². The number of amides is 2. The number of guanidine groups is 1. The van der Waals surface area contributed by atoms with Crippen molar-refractivity contribution in [3.8, 4) is 39.8 Å². The molecule has 12 heteroatoms. The van der Waals surface area contributed by atoms with Gasteiger partial charge in [0.2, 0.25) is 17.8 Å². The fourth-order valence-corrected chi connectivity index (χ4v) is 6.56. The summed E-state index contributed by atoms with van der Waals surface area (Å²) in [5, 5.41) is 11.8. The second kappa shape index (κ2) is 17.2. The van der Waals surface area contributed by atoms with E-state index in [1.165, 1.54) is 0 Å². The Balaban J connectivity index is 1.25. The largest absolute Gasteiger partial charge is 0.348 e. The molecule has 0 spiro atoms. The molecule has 1 aliphatic heterocycles. The van der Waals surface area contributed by atoms with Crippen LogP contribution in [0.15, 0.2) is 65.9 Å². The molecule has 0 aliphatic carbocycles. The number of aliphatic imine (C=N–C) groups is 1. The molecule has 0 radical (unpaired) electrons. The molecule has 5 rings (SSSR count). The third kappa shape index (κ3) is 9.07. The van der Waals surface area contributed by atoms with Gasteiger partial charge in [-0.25, -0.2) is 15.0 Å². The summed E-state index contributed by atoms with van der Waals surface area (Å²) in [7, 11) is 3.58. The van der Waals surface area contributed by atoms with E-state index < -0.39 is 6.04 Å². The van der Waals surface area contributed by atoms with Crippen molar-refractivity contribution < 1.29 is 9.59 Å². The number of carbonyl (C=O) groups excluding carboxylic acids is 2. The van der Waals surface area contributed by atoms with Crippen LogP contribution in [0.4, 0.5) is 0 Å². The van der Waals surface area contributed by atoms with Crippen LogP contribution in [0, 0.1) is 23.3 Å². The van der Waals surface area contributed by atoms with Crippen LogP contribution < -0.4 is 5.32 Å². The number of nitriles is 1. The minimum absolute atomic E-state index is 0.0523. The minimum atomic E-state index is -0.625. The maximum atomic E-state index is 13.8. The summed E-state index contributed by atoms with van der Waals surface area (Å²) in [6.07, 6.45) is 8.72. The van der Waals surface area contributed by atoms with Crippen molar-refractivity contribution in [2.45, 2.75) is 78.9 Å². The zero-order valence-corrected chi connectivity index (χ0v) is 31.5. The minimum Gasteiger partial charge on any atom is -0.348 e. The number of aromatic amines is 2. The first-order valence-electron chi connectivity index (χ1n) is 18.3. The predicted octanol–water partition coefficient (Wildman–Crippen LogP) is 6.59. The standard InChI is InChI=1S/C40H52N10O2/c1-8-19-49(36(51)21-26(2)3)24-35-42-22-32(45-35)30-15-11-28(12-16-30)29-13-17-31(18-14-29)33-23-43-38(46-33)34-10-9-20-50(34)39(52)37(27(4)5)47-40(44-25-41)48(6)7/h11-18,22-23,26-27,34,37H,8-10,19-21,24H2,1-7H3,(H,42,45)(H,43,46)(H,44,47). The van der Waals surface area contributed by atoms with Gasteiger partial charge >= 0.3 is 0 Å². The lowest BCUT2D eigenvalue weighted by atomic mass is 10.0. The van der Waals surface area contributed by atoms with Crippen molar-refractivity contribution in [3.63, 3.8) is 0 Å². The van der Waals surface area contributed by atoms with Gasteiger partial charge in [0, 0.05) is 33.6 Å². The van der Waals surface area contributed by atoms with E-state index in [9.17, 15) is 9.59 Å². The van der Waals surface area contributed by atoms with Crippen molar-refractivity contribution in [3.05, 3.63) is 72.6 Å². The Hall–Kier alpha value is -5.44. The highest BCUT2D eigenvalue weighted by molar-refractivity contribution is 5.88. The maximum absolute atomic E-state index is 13.8. The van der Waals surface area contributed by atoms with Crippen LogP contribution >= 0.6 is 0 Å². The number of rotatable bonds is 13. The summed E-state index contributed by atoms with van der Waals surface area (Å²) in [5.74, 6) is 2.27. The summed E-state index contributed by atoms with van der Waals surface area (Å²) in [6, 6.07) is 15.9. The second-order valence-corrected chi connectivity index (χ2v) is 14.5. The number of aromatic nitrogens is 4. The van der Waals surface area contributed by atoms with Crippen molar-refractivity contribution in [2.75, 3.05) is 27.2 Å². The van der Waals surface area contributed by atoms with Gasteiger partial charge < -0.3 is 24.7 Å². The molecule has 0 saturated carbocycles. The van der Waals surface area contributed by atoms with Crippen molar-refractivity contribution in [1.29, 1.82) is 5.26 Å². The Labute approximate surface area is 307 Å². The van der Waals surface area contributed by atoms with E-state index in [0.717, 1.165) is 64.6 Å². The van der Waals surface area contributed by atoms with Crippen molar-refractivity contribution >= 4 is 17.8 Å². The zero-order valence-electron chi connectivity index (χ0n) is 31.5. The van der Waals surface area contributed by atoms with E-state index in [-0.39, 0.29) is 23.8 Å². The van der Waals surface area contributed by atoms with Gasteiger partial charge in [-0.1, -0.05) is 83.1 Å². The van der Waals surface area contributed by atoms with Crippen LogP contribution in [0.3, 0.4) is 0 Å². The highest BCUT2D eigenvalue weighted by Crippen LogP contribution is 2.34. The number of H-pyrrole nitrogens is 2. The predicted molar refractivity (Wildman–Crippen MR) is 204 cm³/mol. The molecule has 2 atom stereocenters. The smallest absolute Gasteiger partial charge is 0.248 e. The molecule has 3 heterocycles. The molecule has 52 heavy (non-hydrogen) atoms. The first-order chi connectivity index (χ1) is 25.0. The summed E-state index contributed by atoms with van der Waals surface area (Å²) in [6.45, 7) is 12.0. The van der Waals surface area contributed by atoms with Gasteiger partial charge in [0.15, 0.2) is 6.19 Å². The summed E-state index contributed by atoms with van der Waals surface area (Å²) in [4.78, 5) is 52.9. The quantitative estimate of drug-likeness (QED) is 0.0615. The lowest BCUT2D eigenvalue weighted by Gasteiger charge is -2.28. The number of likely N-dealkylation sites (tertiary alicyclic amines) is 1. The molecule has 2 amide bonds. The number of hydrogen-bond acceptors (Lipinski definition) is 6. The fourth-order valence-electron chi connectivity index (χ4n) is 6.56. The topological polar surface area (TPSA) is 149 Å². The van der Waals surface area contributed by atoms with Crippen LogP contribution in [0.25, 0.3) is 33.6 Å². The van der Waals surface area contributed by atoms with Crippen LogP contribution in [0.2, 0.25) is 0 Å². The molecule has 2 aromatic heterocycles. The number of carbonyl (C=O) groups is 2. The lowest BCUT2D eigenvalue weighted by molar-refractivity contribution is -0.134. The van der Waals surface area contributed by atoms with Crippen LogP contribution in [-0.4, -0.2) is 85.6 Å². The Morgan fingerprint density at radius 2 is 1.56 bits per heavy atom. The highest BCUT2D eigenvalue weighted by Gasteiger charge is 2.37. The summed E-state index contributed by atoms with van der Waals surface area (Å²) in [5.41, 5.74) is 6.04. The van der Waals surface area contributed by atoms with E-state index in [1.54, 1.807) is 19.0 Å². The zero-order chi connectivity index (χ0) is 37.4. The van der Waals surface area contributed by atoms with Crippen molar-refractivity contribution in [1.82, 2.24) is 40.0 Å². The van der Waals surface area contributed by atoms with E-state index in [4.69, 9.17) is 10.2 Å². The van der Waals surface area contributed by atoms with Gasteiger partial charge in [-0.2, -0.15) is 5.26 Å². The molecule has 3 N–H and O–H groups in total. The Kier molecular flexibility index (Phi) is 12.5. The third-order valence-corrected chi connectivity index (χ3v) is 9.31. The van der Waals surface area contributed by atoms with Gasteiger partial charge in [0.1, 0.15) is 17.7 Å². The average Bonchev–Trinajstić information content (AvgIpc) is 3.91. The van der Waals surface area contributed by atoms with Gasteiger partial charge in [-0.3, -0.25) is 14.9 Å². The molecule has 4 aromatic rings. The Morgan fingerprint density at radius 1 is 0.962 bits per heavy atom. The second-order valence-electron chi connectivity index (χ2n) is 14.5.